The van der Waals surface area contributed by atoms with Crippen LogP contribution in [0.25, 0.3) is 10.9 Å². The summed E-state index contributed by atoms with van der Waals surface area (Å²) in [5, 5.41) is 17.2. The number of aliphatic hydroxyl groups excluding tert-OH is 1. The predicted octanol–water partition coefficient (Wildman–Crippen LogP) is 2.18. The molecule has 1 aliphatic carbocycles. The quantitative estimate of drug-likeness (QED) is 0.665. The number of anilines is 1. The van der Waals surface area contributed by atoms with Gasteiger partial charge in [0.15, 0.2) is 0 Å². The molecule has 3 heterocycles. The summed E-state index contributed by atoms with van der Waals surface area (Å²) in [5.41, 5.74) is 1.85. The first-order valence-electron chi connectivity index (χ1n) is 11.1. The predicted molar refractivity (Wildman–Crippen MR) is 117 cm³/mol. The Morgan fingerprint density at radius 3 is 2.70 bits per heavy atom. The molecule has 3 N–H and O–H groups in total. The Balaban J connectivity index is 1.78. The van der Waals surface area contributed by atoms with Crippen LogP contribution in [0.5, 0.6) is 0 Å². The smallest absolute Gasteiger partial charge is 0.261 e. The van der Waals surface area contributed by atoms with Gasteiger partial charge in [0.25, 0.3) is 5.56 Å². The van der Waals surface area contributed by atoms with Gasteiger partial charge in [-0.15, -0.1) is 0 Å². The first-order valence-corrected chi connectivity index (χ1v) is 11.1. The lowest BCUT2D eigenvalue weighted by molar-refractivity contribution is 0.122. The average molecular weight is 416 g/mol. The van der Waals surface area contributed by atoms with Crippen LogP contribution in [0.2, 0.25) is 0 Å². The van der Waals surface area contributed by atoms with E-state index < -0.39 is 0 Å². The molecule has 164 valence electrons. The number of hydrogen-bond donors (Lipinski definition) is 3. The van der Waals surface area contributed by atoms with Gasteiger partial charge < -0.3 is 25.0 Å². The maximum absolute atomic E-state index is 13.3. The topological polar surface area (TPSA) is 101 Å². The highest BCUT2D eigenvalue weighted by atomic mass is 16.5. The Hall–Kier alpha value is -2.03. The molecule has 1 unspecified atom stereocenters. The van der Waals surface area contributed by atoms with E-state index in [-0.39, 0.29) is 23.7 Å². The highest BCUT2D eigenvalue weighted by molar-refractivity contribution is 5.81. The van der Waals surface area contributed by atoms with E-state index in [9.17, 15) is 9.90 Å². The third-order valence-corrected chi connectivity index (χ3v) is 6.44. The van der Waals surface area contributed by atoms with E-state index in [1.54, 1.807) is 13.3 Å². The summed E-state index contributed by atoms with van der Waals surface area (Å²) >= 11 is 0. The molecule has 8 nitrogen and oxygen atoms in total. The van der Waals surface area contributed by atoms with Crippen LogP contribution in [0.3, 0.4) is 0 Å². The van der Waals surface area contributed by atoms with Crippen molar-refractivity contribution in [2.75, 3.05) is 32.1 Å². The Kier molecular flexibility index (Phi) is 6.65. The van der Waals surface area contributed by atoms with Crippen molar-refractivity contribution >= 4 is 16.9 Å². The molecule has 4 rings (SSSR count). The second-order valence-corrected chi connectivity index (χ2v) is 8.74. The number of ether oxygens (including phenoxy) is 1. The van der Waals surface area contributed by atoms with Crippen LogP contribution in [0, 0.1) is 0 Å². The van der Waals surface area contributed by atoms with Crippen molar-refractivity contribution in [3.05, 3.63) is 28.3 Å². The molecule has 0 amide bonds. The SMILES string of the molecule is COCC(C)Nc1ncc2c(=O)n(C3CCNCC3)cc(C3CCC(O)CC3)c2n1. The number of piperidine rings is 1. The van der Waals surface area contributed by atoms with E-state index >= 15 is 0 Å². The van der Waals surface area contributed by atoms with Gasteiger partial charge >= 0.3 is 0 Å². The molecule has 0 aromatic carbocycles. The number of nitrogens with one attached hydrogen (secondary N) is 2. The summed E-state index contributed by atoms with van der Waals surface area (Å²) in [4.78, 5) is 22.5. The lowest BCUT2D eigenvalue weighted by Gasteiger charge is -2.29. The zero-order valence-corrected chi connectivity index (χ0v) is 17.9. The molecule has 30 heavy (non-hydrogen) atoms. The lowest BCUT2D eigenvalue weighted by atomic mass is 9.82. The Bertz CT molecular complexity index is 917. The summed E-state index contributed by atoms with van der Waals surface area (Å²) in [6, 6.07) is 0.270. The highest BCUT2D eigenvalue weighted by Crippen LogP contribution is 2.36. The zero-order chi connectivity index (χ0) is 21.1. The number of nitrogens with zero attached hydrogens (tertiary/aromatic N) is 3. The summed E-state index contributed by atoms with van der Waals surface area (Å²) in [6.45, 7) is 4.41. The third-order valence-electron chi connectivity index (χ3n) is 6.44. The summed E-state index contributed by atoms with van der Waals surface area (Å²) in [6.07, 6.45) is 8.81. The molecular formula is C22H33N5O3. The van der Waals surface area contributed by atoms with Crippen LogP contribution in [0.15, 0.2) is 17.2 Å². The number of aromatic nitrogens is 3. The molecular weight excluding hydrogens is 382 g/mol. The fraction of sp³-hybridized carbons (Fsp3) is 0.682. The number of methoxy groups -OCH3 is 1. The number of hydrogen-bond acceptors (Lipinski definition) is 7. The first kappa shape index (κ1) is 21.2. The van der Waals surface area contributed by atoms with Crippen molar-refractivity contribution in [1.82, 2.24) is 19.9 Å². The fourth-order valence-corrected chi connectivity index (χ4v) is 4.79. The van der Waals surface area contributed by atoms with Gasteiger partial charge in [-0.2, -0.15) is 0 Å². The Labute approximate surface area is 177 Å². The molecule has 1 atom stereocenters. The molecule has 1 saturated heterocycles. The molecule has 0 radical (unpaired) electrons. The number of fused-ring (bicyclic) bond motifs is 1. The van der Waals surface area contributed by atoms with Crippen LogP contribution < -0.4 is 16.2 Å². The van der Waals surface area contributed by atoms with Gasteiger partial charge in [-0.1, -0.05) is 0 Å². The molecule has 2 aliphatic rings. The van der Waals surface area contributed by atoms with E-state index in [2.05, 4.69) is 21.8 Å². The van der Waals surface area contributed by atoms with E-state index in [1.165, 1.54) is 0 Å². The average Bonchev–Trinajstić information content (AvgIpc) is 2.75. The second kappa shape index (κ2) is 9.41. The Morgan fingerprint density at radius 1 is 1.27 bits per heavy atom. The van der Waals surface area contributed by atoms with Gasteiger partial charge in [0.05, 0.1) is 23.6 Å². The molecule has 2 aromatic rings. The van der Waals surface area contributed by atoms with Crippen molar-refractivity contribution in [1.29, 1.82) is 0 Å². The minimum Gasteiger partial charge on any atom is -0.393 e. The summed E-state index contributed by atoms with van der Waals surface area (Å²) in [7, 11) is 1.66. The van der Waals surface area contributed by atoms with E-state index in [0.717, 1.165) is 62.7 Å². The van der Waals surface area contributed by atoms with Gasteiger partial charge in [0, 0.05) is 31.6 Å². The maximum Gasteiger partial charge on any atom is 0.261 e. The van der Waals surface area contributed by atoms with Gasteiger partial charge in [-0.05, 0) is 70.0 Å². The first-order chi connectivity index (χ1) is 14.6. The minimum atomic E-state index is -0.218. The van der Waals surface area contributed by atoms with Crippen LogP contribution in [0.4, 0.5) is 5.95 Å². The highest BCUT2D eigenvalue weighted by Gasteiger charge is 2.26. The molecule has 2 fully saturated rings. The van der Waals surface area contributed by atoms with Crippen molar-refractivity contribution < 1.29 is 9.84 Å². The fourth-order valence-electron chi connectivity index (χ4n) is 4.79. The number of pyridine rings is 1. The van der Waals surface area contributed by atoms with Crippen molar-refractivity contribution in [3.8, 4) is 0 Å². The standard InChI is InChI=1S/C22H33N5O3/c1-14(13-30-2)25-22-24-11-18-20(26-22)19(15-3-5-17(28)6-4-15)12-27(21(18)29)16-7-9-23-10-8-16/h11-12,14-17,23,28H,3-10,13H2,1-2H3,(H,24,25,26). The number of rotatable bonds is 6. The van der Waals surface area contributed by atoms with Crippen molar-refractivity contribution in [2.24, 2.45) is 0 Å². The minimum absolute atomic E-state index is 0.00650. The Morgan fingerprint density at radius 2 is 2.00 bits per heavy atom. The van der Waals surface area contributed by atoms with Gasteiger partial charge in [0.1, 0.15) is 0 Å². The molecule has 1 aliphatic heterocycles. The molecule has 2 aromatic heterocycles. The lowest BCUT2D eigenvalue weighted by Crippen LogP contribution is -2.35. The van der Waals surface area contributed by atoms with Crippen LogP contribution in [0.1, 0.15) is 63.0 Å². The van der Waals surface area contributed by atoms with E-state index in [1.807, 2.05) is 11.5 Å². The van der Waals surface area contributed by atoms with E-state index in [4.69, 9.17) is 9.72 Å². The maximum atomic E-state index is 13.3. The van der Waals surface area contributed by atoms with Crippen LogP contribution in [-0.2, 0) is 4.74 Å². The monoisotopic (exact) mass is 415 g/mol. The summed E-state index contributed by atoms with van der Waals surface area (Å²) in [5.74, 6) is 0.812. The van der Waals surface area contributed by atoms with Gasteiger partial charge in [-0.3, -0.25) is 4.79 Å². The van der Waals surface area contributed by atoms with Gasteiger partial charge in [0.2, 0.25) is 5.95 Å². The van der Waals surface area contributed by atoms with Crippen molar-refractivity contribution in [3.63, 3.8) is 0 Å². The molecule has 8 heteroatoms. The van der Waals surface area contributed by atoms with Gasteiger partial charge in [-0.25, -0.2) is 9.97 Å². The van der Waals surface area contributed by atoms with Crippen LogP contribution >= 0.6 is 0 Å². The molecule has 0 spiro atoms. The van der Waals surface area contributed by atoms with Crippen molar-refractivity contribution in [2.45, 2.75) is 69.6 Å². The second-order valence-electron chi connectivity index (χ2n) is 8.74. The zero-order valence-electron chi connectivity index (χ0n) is 17.9. The third kappa shape index (κ3) is 4.50. The summed E-state index contributed by atoms with van der Waals surface area (Å²) < 4.78 is 7.12. The number of aliphatic hydroxyl groups is 1. The van der Waals surface area contributed by atoms with Crippen LogP contribution in [-0.4, -0.2) is 58.6 Å². The molecule has 0 bridgehead atoms. The van der Waals surface area contributed by atoms with E-state index in [0.29, 0.717) is 23.9 Å². The normalized spacial score (nSPS) is 24.1. The largest absolute Gasteiger partial charge is 0.393 e. The molecule has 1 saturated carbocycles.